The first-order valence-corrected chi connectivity index (χ1v) is 7.69. The van der Waals surface area contributed by atoms with Gasteiger partial charge in [-0.25, -0.2) is 15.0 Å². The van der Waals surface area contributed by atoms with E-state index in [0.29, 0.717) is 5.82 Å². The zero-order valence-corrected chi connectivity index (χ0v) is 13.4. The van der Waals surface area contributed by atoms with E-state index in [4.69, 9.17) is 10.5 Å². The average molecular weight is 314 g/mol. The van der Waals surface area contributed by atoms with Crippen molar-refractivity contribution in [1.29, 1.82) is 0 Å². The number of aromatic nitrogens is 3. The number of rotatable bonds is 5. The Kier molecular flexibility index (Phi) is 4.57. The molecule has 0 amide bonds. The number of nitrogen functional groups attached to an aromatic ring is 1. The fourth-order valence-corrected chi connectivity index (χ4v) is 2.89. The predicted octanol–water partition coefficient (Wildman–Crippen LogP) is 1.47. The van der Waals surface area contributed by atoms with Crippen LogP contribution in [0.3, 0.4) is 0 Å². The van der Waals surface area contributed by atoms with Crippen molar-refractivity contribution in [1.82, 2.24) is 15.0 Å². The molecule has 3 rings (SSSR count). The van der Waals surface area contributed by atoms with Crippen LogP contribution in [0.4, 0.5) is 17.5 Å². The third-order valence-electron chi connectivity index (χ3n) is 4.11. The largest absolute Gasteiger partial charge is 0.384 e. The molecule has 0 aliphatic carbocycles. The monoisotopic (exact) mass is 314 g/mol. The molecule has 23 heavy (non-hydrogen) atoms. The summed E-state index contributed by atoms with van der Waals surface area (Å²) >= 11 is 0. The van der Waals surface area contributed by atoms with E-state index >= 15 is 0 Å². The van der Waals surface area contributed by atoms with Gasteiger partial charge in [-0.05, 0) is 31.0 Å². The van der Waals surface area contributed by atoms with Gasteiger partial charge in [-0.1, -0.05) is 0 Å². The molecule has 3 N–H and O–H groups in total. The Hall–Kier alpha value is -2.41. The summed E-state index contributed by atoms with van der Waals surface area (Å²) in [5.41, 5.74) is 6.97. The van der Waals surface area contributed by atoms with Gasteiger partial charge >= 0.3 is 0 Å². The molecule has 0 bridgehead atoms. The van der Waals surface area contributed by atoms with Crippen LogP contribution < -0.4 is 16.0 Å². The summed E-state index contributed by atoms with van der Waals surface area (Å²) in [6, 6.07) is 6.08. The van der Waals surface area contributed by atoms with E-state index in [0.717, 1.165) is 31.1 Å². The first kappa shape index (κ1) is 15.5. The van der Waals surface area contributed by atoms with Gasteiger partial charge in [-0.15, -0.1) is 0 Å². The van der Waals surface area contributed by atoms with Crippen molar-refractivity contribution >= 4 is 17.5 Å². The second kappa shape index (κ2) is 6.78. The third-order valence-corrected chi connectivity index (χ3v) is 4.11. The van der Waals surface area contributed by atoms with Crippen molar-refractivity contribution in [3.8, 4) is 0 Å². The van der Waals surface area contributed by atoms with Gasteiger partial charge in [0.25, 0.3) is 0 Å². The van der Waals surface area contributed by atoms with E-state index in [-0.39, 0.29) is 12.1 Å². The third kappa shape index (κ3) is 3.68. The molecular formula is C16H22N6O. The number of anilines is 3. The highest BCUT2D eigenvalue weighted by Crippen LogP contribution is 2.26. The summed E-state index contributed by atoms with van der Waals surface area (Å²) in [4.78, 5) is 14.9. The smallest absolute Gasteiger partial charge is 0.134 e. The summed E-state index contributed by atoms with van der Waals surface area (Å²) in [7, 11) is 1.75. The molecule has 7 nitrogen and oxygen atoms in total. The van der Waals surface area contributed by atoms with Gasteiger partial charge in [0.1, 0.15) is 23.8 Å². The average Bonchev–Trinajstić information content (AvgIpc) is 2.96. The van der Waals surface area contributed by atoms with Crippen LogP contribution in [-0.4, -0.2) is 47.3 Å². The van der Waals surface area contributed by atoms with E-state index in [9.17, 15) is 0 Å². The minimum atomic E-state index is 0.184. The highest BCUT2D eigenvalue weighted by atomic mass is 16.5. The van der Waals surface area contributed by atoms with Crippen molar-refractivity contribution in [3.05, 3.63) is 36.3 Å². The minimum absolute atomic E-state index is 0.184. The lowest BCUT2D eigenvalue weighted by atomic mass is 10.2. The Morgan fingerprint density at radius 1 is 1.35 bits per heavy atom. The second-order valence-electron chi connectivity index (χ2n) is 5.80. The number of pyridine rings is 1. The molecule has 2 aromatic rings. The number of nitrogens with zero attached hydrogens (tertiary/aromatic N) is 4. The van der Waals surface area contributed by atoms with Crippen LogP contribution in [0.1, 0.15) is 12.0 Å². The number of ether oxygens (including phenoxy) is 1. The number of hydrogen-bond acceptors (Lipinski definition) is 7. The molecule has 0 aromatic carbocycles. The van der Waals surface area contributed by atoms with E-state index < -0.39 is 0 Å². The molecule has 0 saturated carbocycles. The molecule has 0 radical (unpaired) electrons. The Bertz CT molecular complexity index is 665. The van der Waals surface area contributed by atoms with Gasteiger partial charge < -0.3 is 20.7 Å². The maximum absolute atomic E-state index is 5.79. The van der Waals surface area contributed by atoms with E-state index in [1.54, 1.807) is 13.2 Å². The summed E-state index contributed by atoms with van der Waals surface area (Å²) in [5.74, 6) is 2.19. The van der Waals surface area contributed by atoms with Crippen LogP contribution in [0.25, 0.3) is 0 Å². The van der Waals surface area contributed by atoms with E-state index in [2.05, 4.69) is 32.1 Å². The summed E-state index contributed by atoms with van der Waals surface area (Å²) in [5, 5.41) is 3.40. The number of hydrogen-bond donors (Lipinski definition) is 2. The number of aryl methyl sites for hydroxylation is 1. The highest BCUT2D eigenvalue weighted by molar-refractivity contribution is 5.49. The Labute approximate surface area is 135 Å². The topological polar surface area (TPSA) is 89.2 Å². The normalized spacial score (nSPS) is 20.7. The Morgan fingerprint density at radius 2 is 2.22 bits per heavy atom. The van der Waals surface area contributed by atoms with Crippen molar-refractivity contribution < 1.29 is 4.74 Å². The van der Waals surface area contributed by atoms with Crippen molar-refractivity contribution in [3.63, 3.8) is 0 Å². The number of nitrogens with one attached hydrogen (secondary N) is 1. The molecule has 0 spiro atoms. The van der Waals surface area contributed by atoms with Crippen LogP contribution in [0.5, 0.6) is 0 Å². The van der Waals surface area contributed by atoms with Crippen molar-refractivity contribution in [2.24, 2.45) is 0 Å². The van der Waals surface area contributed by atoms with Gasteiger partial charge in [0, 0.05) is 32.5 Å². The molecule has 1 aliphatic rings. The summed E-state index contributed by atoms with van der Waals surface area (Å²) in [6.07, 6.45) is 4.42. The molecule has 122 valence electrons. The maximum atomic E-state index is 5.79. The lowest BCUT2D eigenvalue weighted by Gasteiger charge is -2.25. The fraction of sp³-hybridized carbons (Fsp3) is 0.438. The summed E-state index contributed by atoms with van der Waals surface area (Å²) < 4.78 is 5.53. The lowest BCUT2D eigenvalue weighted by molar-refractivity contribution is 0.118. The van der Waals surface area contributed by atoms with Gasteiger partial charge in [-0.3, -0.25) is 0 Å². The van der Waals surface area contributed by atoms with Crippen LogP contribution in [-0.2, 0) is 4.74 Å². The molecule has 1 aliphatic heterocycles. The van der Waals surface area contributed by atoms with Crippen LogP contribution in [0.15, 0.2) is 30.7 Å². The second-order valence-corrected chi connectivity index (χ2v) is 5.80. The maximum Gasteiger partial charge on any atom is 0.134 e. The molecule has 2 atom stereocenters. The molecule has 1 saturated heterocycles. The quantitative estimate of drug-likeness (QED) is 0.863. The molecule has 3 heterocycles. The Morgan fingerprint density at radius 3 is 2.96 bits per heavy atom. The van der Waals surface area contributed by atoms with Crippen LogP contribution in [0.2, 0.25) is 0 Å². The van der Waals surface area contributed by atoms with Gasteiger partial charge in [0.2, 0.25) is 0 Å². The number of methoxy groups -OCH3 is 1. The van der Waals surface area contributed by atoms with E-state index in [1.165, 1.54) is 11.9 Å². The van der Waals surface area contributed by atoms with E-state index in [1.807, 2.05) is 18.3 Å². The lowest BCUT2D eigenvalue weighted by Crippen LogP contribution is -2.35. The van der Waals surface area contributed by atoms with Crippen molar-refractivity contribution in [2.75, 3.05) is 36.1 Å². The van der Waals surface area contributed by atoms with Crippen LogP contribution >= 0.6 is 0 Å². The Balaban J connectivity index is 1.72. The standard InChI is InChI=1S/C16H22N6O/c1-11-3-4-18-15(5-11)19-8-12-6-13(23-2)9-22(12)16-7-14(17)20-10-21-16/h3-5,7,10,12-13H,6,8-9H2,1-2H3,(H,18,19)(H2,17,20,21)/t12-,13-/m1/s1. The summed E-state index contributed by atoms with van der Waals surface area (Å²) in [6.45, 7) is 3.61. The fourth-order valence-electron chi connectivity index (χ4n) is 2.89. The first-order chi connectivity index (χ1) is 11.2. The predicted molar refractivity (Wildman–Crippen MR) is 90.5 cm³/mol. The zero-order chi connectivity index (χ0) is 16.2. The number of nitrogens with two attached hydrogens (primary N) is 1. The van der Waals surface area contributed by atoms with Gasteiger partial charge in [0.15, 0.2) is 0 Å². The molecule has 1 fully saturated rings. The van der Waals surface area contributed by atoms with Gasteiger partial charge in [0.05, 0.1) is 12.1 Å². The first-order valence-electron chi connectivity index (χ1n) is 7.69. The molecule has 7 heteroatoms. The van der Waals surface area contributed by atoms with Crippen LogP contribution in [0, 0.1) is 6.92 Å². The highest BCUT2D eigenvalue weighted by Gasteiger charge is 2.33. The molecule has 2 aromatic heterocycles. The zero-order valence-electron chi connectivity index (χ0n) is 13.4. The van der Waals surface area contributed by atoms with Crippen molar-refractivity contribution in [2.45, 2.75) is 25.5 Å². The van der Waals surface area contributed by atoms with Gasteiger partial charge in [-0.2, -0.15) is 0 Å². The minimum Gasteiger partial charge on any atom is -0.384 e. The molecular weight excluding hydrogens is 292 g/mol. The molecule has 0 unspecified atom stereocenters. The SMILES string of the molecule is CO[C@@H]1C[C@H](CNc2cc(C)ccn2)N(c2cc(N)ncn2)C1.